The molecule has 0 spiro atoms. The molecule has 1 aromatic carbocycles. The summed E-state index contributed by atoms with van der Waals surface area (Å²) in [7, 11) is -2.93. The lowest BCUT2D eigenvalue weighted by Crippen LogP contribution is -2.32. The molecular weight excluding hydrogens is 260 g/mol. The molecule has 0 amide bonds. The highest BCUT2D eigenvalue weighted by molar-refractivity contribution is 7.91. The molecule has 2 atom stereocenters. The Morgan fingerprint density at radius 1 is 1.33 bits per heavy atom. The highest BCUT2D eigenvalue weighted by Crippen LogP contribution is 2.19. The van der Waals surface area contributed by atoms with Crippen LogP contribution in [0.15, 0.2) is 18.2 Å². The molecule has 18 heavy (non-hydrogen) atoms. The van der Waals surface area contributed by atoms with Gasteiger partial charge in [0.2, 0.25) is 0 Å². The van der Waals surface area contributed by atoms with E-state index in [0.717, 1.165) is 12.1 Å². The largest absolute Gasteiger partial charge is 0.306 e. The summed E-state index contributed by atoms with van der Waals surface area (Å²) in [5.41, 5.74) is 0.609. The second kappa shape index (κ2) is 4.93. The van der Waals surface area contributed by atoms with E-state index in [-0.39, 0.29) is 23.6 Å². The van der Waals surface area contributed by atoms with Gasteiger partial charge < -0.3 is 5.32 Å². The molecule has 1 N–H and O–H groups in total. The van der Waals surface area contributed by atoms with Crippen LogP contribution in [0.2, 0.25) is 0 Å². The van der Waals surface area contributed by atoms with E-state index in [1.165, 1.54) is 6.07 Å². The second-order valence-electron chi connectivity index (χ2n) is 4.66. The number of nitrogens with one attached hydrogen (secondary N) is 1. The van der Waals surface area contributed by atoms with Crippen LogP contribution in [0.4, 0.5) is 8.78 Å². The van der Waals surface area contributed by atoms with Gasteiger partial charge in [-0.3, -0.25) is 0 Å². The molecule has 3 nitrogen and oxygen atoms in total. The molecular formula is C12H15F2NO2S. The van der Waals surface area contributed by atoms with Crippen molar-refractivity contribution in [1.29, 1.82) is 0 Å². The van der Waals surface area contributed by atoms with Gasteiger partial charge in [-0.15, -0.1) is 0 Å². The molecule has 100 valence electrons. The average Bonchev–Trinajstić information content (AvgIpc) is 2.62. The van der Waals surface area contributed by atoms with E-state index in [1.807, 2.05) is 0 Å². The van der Waals surface area contributed by atoms with Crippen LogP contribution in [0, 0.1) is 11.6 Å². The molecule has 1 aromatic rings. The Hall–Kier alpha value is -1.01. The van der Waals surface area contributed by atoms with Gasteiger partial charge in [0.15, 0.2) is 21.5 Å². The van der Waals surface area contributed by atoms with Crippen molar-refractivity contribution in [3.63, 3.8) is 0 Å². The zero-order chi connectivity index (χ0) is 13.3. The third kappa shape index (κ3) is 3.05. The zero-order valence-electron chi connectivity index (χ0n) is 9.99. The van der Waals surface area contributed by atoms with Crippen molar-refractivity contribution >= 4 is 9.84 Å². The van der Waals surface area contributed by atoms with E-state index in [4.69, 9.17) is 0 Å². The van der Waals surface area contributed by atoms with E-state index >= 15 is 0 Å². The minimum Gasteiger partial charge on any atom is -0.306 e. The second-order valence-corrected chi connectivity index (χ2v) is 6.89. The van der Waals surface area contributed by atoms with Crippen LogP contribution in [-0.4, -0.2) is 26.0 Å². The molecule has 1 saturated heterocycles. The molecule has 0 saturated carbocycles. The van der Waals surface area contributed by atoms with Crippen LogP contribution in [0.25, 0.3) is 0 Å². The van der Waals surface area contributed by atoms with Gasteiger partial charge in [-0.2, -0.15) is 0 Å². The fraction of sp³-hybridized carbons (Fsp3) is 0.500. The molecule has 2 rings (SSSR count). The number of sulfone groups is 1. The van der Waals surface area contributed by atoms with E-state index in [2.05, 4.69) is 5.32 Å². The predicted octanol–water partition coefficient (Wildman–Crippen LogP) is 1.80. The molecule has 0 bridgehead atoms. The summed E-state index contributed by atoms with van der Waals surface area (Å²) in [6.07, 6.45) is 0.566. The Labute approximate surface area is 105 Å². The normalized spacial score (nSPS) is 24.1. The molecule has 0 aromatic heterocycles. The first-order chi connectivity index (χ1) is 8.37. The van der Waals surface area contributed by atoms with Gasteiger partial charge in [-0.1, -0.05) is 6.07 Å². The molecule has 1 fully saturated rings. The van der Waals surface area contributed by atoms with Crippen molar-refractivity contribution in [1.82, 2.24) is 5.32 Å². The highest BCUT2D eigenvalue weighted by atomic mass is 32.2. The SMILES string of the molecule is CC(NC1CCS(=O)(=O)C1)c1ccc(F)c(F)c1. The van der Waals surface area contributed by atoms with Gasteiger partial charge in [-0.25, -0.2) is 17.2 Å². The van der Waals surface area contributed by atoms with Crippen LogP contribution < -0.4 is 5.32 Å². The average molecular weight is 275 g/mol. The van der Waals surface area contributed by atoms with Crippen molar-refractivity contribution in [2.24, 2.45) is 0 Å². The maximum atomic E-state index is 13.1. The van der Waals surface area contributed by atoms with Crippen molar-refractivity contribution in [3.05, 3.63) is 35.4 Å². The lowest BCUT2D eigenvalue weighted by atomic mass is 10.1. The standard InChI is InChI=1S/C12H15F2NO2S/c1-8(9-2-3-11(13)12(14)6-9)15-10-4-5-18(16,17)7-10/h2-3,6,8,10,15H,4-5,7H2,1H3. The molecule has 0 radical (unpaired) electrons. The third-order valence-corrected chi connectivity index (χ3v) is 4.93. The van der Waals surface area contributed by atoms with E-state index in [1.54, 1.807) is 6.92 Å². The monoisotopic (exact) mass is 275 g/mol. The minimum absolute atomic E-state index is 0.112. The Balaban J connectivity index is 2.04. The third-order valence-electron chi connectivity index (χ3n) is 3.16. The molecule has 2 unspecified atom stereocenters. The molecule has 0 aliphatic carbocycles. The lowest BCUT2D eigenvalue weighted by Gasteiger charge is -2.18. The highest BCUT2D eigenvalue weighted by Gasteiger charge is 2.28. The first kappa shape index (κ1) is 13.4. The van der Waals surface area contributed by atoms with Crippen molar-refractivity contribution in [2.75, 3.05) is 11.5 Å². The van der Waals surface area contributed by atoms with Crippen LogP contribution >= 0.6 is 0 Å². The first-order valence-electron chi connectivity index (χ1n) is 5.79. The Morgan fingerprint density at radius 3 is 2.61 bits per heavy atom. The Bertz CT molecular complexity index is 545. The fourth-order valence-electron chi connectivity index (χ4n) is 2.16. The van der Waals surface area contributed by atoms with Crippen LogP contribution in [0.5, 0.6) is 0 Å². The van der Waals surface area contributed by atoms with Gasteiger partial charge in [0.05, 0.1) is 11.5 Å². The number of benzene rings is 1. The van der Waals surface area contributed by atoms with E-state index < -0.39 is 21.5 Å². The fourth-order valence-corrected chi connectivity index (χ4v) is 3.84. The summed E-state index contributed by atoms with van der Waals surface area (Å²) < 4.78 is 48.5. The summed E-state index contributed by atoms with van der Waals surface area (Å²) in [6.45, 7) is 1.80. The lowest BCUT2D eigenvalue weighted by molar-refractivity contribution is 0.474. The number of halogens is 2. The number of hydrogen-bond donors (Lipinski definition) is 1. The Morgan fingerprint density at radius 2 is 2.06 bits per heavy atom. The van der Waals surface area contributed by atoms with Crippen molar-refractivity contribution in [3.8, 4) is 0 Å². The van der Waals surface area contributed by atoms with Gasteiger partial charge >= 0.3 is 0 Å². The predicted molar refractivity (Wildman–Crippen MR) is 65.0 cm³/mol. The summed E-state index contributed by atoms with van der Waals surface area (Å²) in [5, 5.41) is 3.13. The quantitative estimate of drug-likeness (QED) is 0.915. The van der Waals surface area contributed by atoms with E-state index in [0.29, 0.717) is 12.0 Å². The number of rotatable bonds is 3. The van der Waals surface area contributed by atoms with Gasteiger partial charge in [0.1, 0.15) is 0 Å². The molecule has 1 heterocycles. The summed E-state index contributed by atoms with van der Waals surface area (Å²) in [6, 6.07) is 3.39. The molecule has 6 heteroatoms. The Kier molecular flexibility index (Phi) is 3.68. The molecule has 1 aliphatic heterocycles. The zero-order valence-corrected chi connectivity index (χ0v) is 10.8. The first-order valence-corrected chi connectivity index (χ1v) is 7.61. The smallest absolute Gasteiger partial charge is 0.159 e. The summed E-state index contributed by atoms with van der Waals surface area (Å²) in [4.78, 5) is 0. The maximum absolute atomic E-state index is 13.1. The van der Waals surface area contributed by atoms with Gasteiger partial charge in [0.25, 0.3) is 0 Å². The van der Waals surface area contributed by atoms with Gasteiger partial charge in [0, 0.05) is 12.1 Å². The topological polar surface area (TPSA) is 46.2 Å². The van der Waals surface area contributed by atoms with Crippen molar-refractivity contribution in [2.45, 2.75) is 25.4 Å². The van der Waals surface area contributed by atoms with Crippen molar-refractivity contribution < 1.29 is 17.2 Å². The van der Waals surface area contributed by atoms with E-state index in [9.17, 15) is 17.2 Å². The summed E-state index contributed by atoms with van der Waals surface area (Å²) in [5.74, 6) is -1.47. The molecule has 1 aliphatic rings. The summed E-state index contributed by atoms with van der Waals surface area (Å²) >= 11 is 0. The number of hydrogen-bond acceptors (Lipinski definition) is 3. The van der Waals surface area contributed by atoms with Crippen LogP contribution in [0.1, 0.15) is 24.9 Å². The van der Waals surface area contributed by atoms with Crippen LogP contribution in [0.3, 0.4) is 0 Å². The van der Waals surface area contributed by atoms with Crippen LogP contribution in [-0.2, 0) is 9.84 Å². The van der Waals surface area contributed by atoms with Gasteiger partial charge in [-0.05, 0) is 31.0 Å². The minimum atomic E-state index is -2.93. The maximum Gasteiger partial charge on any atom is 0.159 e.